The molecule has 2 heterocycles. The smallest absolute Gasteiger partial charge is 0.183 e. The van der Waals surface area contributed by atoms with Crippen molar-refractivity contribution in [2.75, 3.05) is 13.1 Å². The second kappa shape index (κ2) is 4.78. The van der Waals surface area contributed by atoms with Crippen LogP contribution >= 0.6 is 22.9 Å². The molecule has 1 aromatic heterocycles. The van der Waals surface area contributed by atoms with Crippen LogP contribution in [0.1, 0.15) is 19.0 Å². The molecule has 84 valence electrons. The Morgan fingerprint density at radius 3 is 3.00 bits per heavy atom. The molecule has 0 spiro atoms. The summed E-state index contributed by atoms with van der Waals surface area (Å²) >= 11 is 7.23. The molecule has 0 aliphatic carbocycles. The Kier molecular flexibility index (Phi) is 3.61. The molecule has 1 aliphatic heterocycles. The van der Waals surface area contributed by atoms with E-state index < -0.39 is 0 Å². The molecule has 1 fully saturated rings. The lowest BCUT2D eigenvalue weighted by Gasteiger charge is -2.12. The summed E-state index contributed by atoms with van der Waals surface area (Å²) in [6.07, 6.45) is 0.860. The van der Waals surface area contributed by atoms with E-state index in [0.29, 0.717) is 10.4 Å². The van der Waals surface area contributed by atoms with Gasteiger partial charge in [-0.2, -0.15) is 0 Å². The Balaban J connectivity index is 1.92. The molecule has 3 nitrogen and oxygen atoms in total. The fourth-order valence-electron chi connectivity index (χ4n) is 2.06. The number of hydrogen-bond acceptors (Lipinski definition) is 4. The standard InChI is InChI=1S/C10H15ClN2OS/c1-2-7-3-13(5-9(7)14)4-8-6-15-10(11)12-8/h6-7,9,14H,2-5H2,1H3. The molecular formula is C10H15ClN2OS. The van der Waals surface area contributed by atoms with Crippen LogP contribution < -0.4 is 0 Å². The SMILES string of the molecule is CCC1CN(Cc2csc(Cl)n2)CC1O. The first-order valence-corrected chi connectivity index (χ1v) is 6.45. The predicted octanol–water partition coefficient (Wildman–Crippen LogP) is 2.00. The largest absolute Gasteiger partial charge is 0.391 e. The maximum Gasteiger partial charge on any atom is 0.183 e. The summed E-state index contributed by atoms with van der Waals surface area (Å²) in [6.45, 7) is 4.65. The molecule has 0 aromatic carbocycles. The molecule has 1 N–H and O–H groups in total. The van der Waals surface area contributed by atoms with Crippen LogP contribution in [0.3, 0.4) is 0 Å². The van der Waals surface area contributed by atoms with Crippen LogP contribution in [0.5, 0.6) is 0 Å². The number of thiazole rings is 1. The number of likely N-dealkylation sites (tertiary alicyclic amines) is 1. The third-order valence-electron chi connectivity index (χ3n) is 2.92. The highest BCUT2D eigenvalue weighted by Crippen LogP contribution is 2.23. The normalized spacial score (nSPS) is 27.4. The summed E-state index contributed by atoms with van der Waals surface area (Å²) in [5.41, 5.74) is 1.01. The molecule has 2 unspecified atom stereocenters. The number of hydrogen-bond donors (Lipinski definition) is 1. The molecule has 0 bridgehead atoms. The van der Waals surface area contributed by atoms with Gasteiger partial charge in [0.05, 0.1) is 11.8 Å². The topological polar surface area (TPSA) is 36.4 Å². The number of aliphatic hydroxyl groups excluding tert-OH is 1. The first-order chi connectivity index (χ1) is 7.19. The van der Waals surface area contributed by atoms with Gasteiger partial charge in [-0.15, -0.1) is 11.3 Å². The van der Waals surface area contributed by atoms with Gasteiger partial charge in [-0.3, -0.25) is 4.90 Å². The van der Waals surface area contributed by atoms with Gasteiger partial charge in [-0.05, 0) is 12.3 Å². The van der Waals surface area contributed by atoms with Gasteiger partial charge in [0.1, 0.15) is 0 Å². The minimum atomic E-state index is -0.177. The zero-order chi connectivity index (χ0) is 10.8. The lowest BCUT2D eigenvalue weighted by Crippen LogP contribution is -2.21. The van der Waals surface area contributed by atoms with Gasteiger partial charge >= 0.3 is 0 Å². The van der Waals surface area contributed by atoms with E-state index in [1.807, 2.05) is 5.38 Å². The zero-order valence-electron chi connectivity index (χ0n) is 8.69. The van der Waals surface area contributed by atoms with E-state index in [1.165, 1.54) is 11.3 Å². The maximum atomic E-state index is 9.76. The molecule has 15 heavy (non-hydrogen) atoms. The Morgan fingerprint density at radius 2 is 2.47 bits per heavy atom. The van der Waals surface area contributed by atoms with Gasteiger partial charge in [0, 0.05) is 25.0 Å². The predicted molar refractivity (Wildman–Crippen MR) is 62.2 cm³/mol. The van der Waals surface area contributed by atoms with Crippen molar-refractivity contribution in [3.63, 3.8) is 0 Å². The monoisotopic (exact) mass is 246 g/mol. The van der Waals surface area contributed by atoms with Crippen molar-refractivity contribution in [2.24, 2.45) is 5.92 Å². The number of aliphatic hydroxyl groups is 1. The van der Waals surface area contributed by atoms with Crippen LogP contribution in [0, 0.1) is 5.92 Å². The van der Waals surface area contributed by atoms with Crippen LogP contribution in [-0.2, 0) is 6.54 Å². The average molecular weight is 247 g/mol. The van der Waals surface area contributed by atoms with Gasteiger partial charge in [-0.1, -0.05) is 18.5 Å². The van der Waals surface area contributed by atoms with Gasteiger partial charge in [-0.25, -0.2) is 4.98 Å². The minimum absolute atomic E-state index is 0.177. The highest BCUT2D eigenvalue weighted by molar-refractivity contribution is 7.13. The van der Waals surface area contributed by atoms with Gasteiger partial charge < -0.3 is 5.11 Å². The number of β-amino-alcohol motifs (C(OH)–C–C–N with tert-alkyl or cyclic N) is 1. The summed E-state index contributed by atoms with van der Waals surface area (Å²) in [4.78, 5) is 6.45. The summed E-state index contributed by atoms with van der Waals surface area (Å²) in [5, 5.41) is 11.7. The van der Waals surface area contributed by atoms with E-state index in [9.17, 15) is 5.11 Å². The van der Waals surface area contributed by atoms with Crippen molar-refractivity contribution in [1.82, 2.24) is 9.88 Å². The summed E-state index contributed by atoms with van der Waals surface area (Å²) in [7, 11) is 0. The van der Waals surface area contributed by atoms with Crippen LogP contribution in [0.2, 0.25) is 4.47 Å². The number of halogens is 1. The lowest BCUT2D eigenvalue weighted by atomic mass is 10.0. The second-order valence-corrected chi connectivity index (χ2v) is 5.46. The van der Waals surface area contributed by atoms with E-state index >= 15 is 0 Å². The van der Waals surface area contributed by atoms with Crippen molar-refractivity contribution in [2.45, 2.75) is 26.0 Å². The van der Waals surface area contributed by atoms with E-state index in [2.05, 4.69) is 16.8 Å². The Morgan fingerprint density at radius 1 is 1.67 bits per heavy atom. The molecule has 5 heteroatoms. The molecule has 0 amide bonds. The van der Waals surface area contributed by atoms with Crippen molar-refractivity contribution in [1.29, 1.82) is 0 Å². The van der Waals surface area contributed by atoms with Crippen LogP contribution in [-0.4, -0.2) is 34.2 Å². The fourth-order valence-corrected chi connectivity index (χ4v) is 2.83. The molecule has 1 aromatic rings. The summed E-state index contributed by atoms with van der Waals surface area (Å²) < 4.78 is 0.594. The fraction of sp³-hybridized carbons (Fsp3) is 0.700. The Bertz CT molecular complexity index is 331. The molecule has 1 saturated heterocycles. The third-order valence-corrected chi connectivity index (χ3v) is 3.94. The lowest BCUT2D eigenvalue weighted by molar-refractivity contribution is 0.139. The number of aromatic nitrogens is 1. The second-order valence-electron chi connectivity index (χ2n) is 4.02. The van der Waals surface area contributed by atoms with E-state index in [1.54, 1.807) is 0 Å². The van der Waals surface area contributed by atoms with Crippen molar-refractivity contribution >= 4 is 22.9 Å². The molecule has 0 saturated carbocycles. The van der Waals surface area contributed by atoms with Crippen molar-refractivity contribution in [3.05, 3.63) is 15.5 Å². The van der Waals surface area contributed by atoms with Crippen LogP contribution in [0.4, 0.5) is 0 Å². The first-order valence-electron chi connectivity index (χ1n) is 5.19. The molecule has 0 radical (unpaired) electrons. The van der Waals surface area contributed by atoms with Crippen molar-refractivity contribution < 1.29 is 5.11 Å². The number of rotatable bonds is 3. The first kappa shape index (κ1) is 11.3. The molecular weight excluding hydrogens is 232 g/mol. The van der Waals surface area contributed by atoms with E-state index in [4.69, 9.17) is 11.6 Å². The van der Waals surface area contributed by atoms with E-state index in [-0.39, 0.29) is 6.10 Å². The van der Waals surface area contributed by atoms with Crippen LogP contribution in [0.25, 0.3) is 0 Å². The molecule has 2 rings (SSSR count). The summed E-state index contributed by atoms with van der Waals surface area (Å²) in [6, 6.07) is 0. The number of nitrogens with zero attached hydrogens (tertiary/aromatic N) is 2. The zero-order valence-corrected chi connectivity index (χ0v) is 10.3. The summed E-state index contributed by atoms with van der Waals surface area (Å²) in [5.74, 6) is 0.416. The Labute approximate surface area is 98.7 Å². The van der Waals surface area contributed by atoms with Gasteiger partial charge in [0.2, 0.25) is 0 Å². The van der Waals surface area contributed by atoms with Crippen LogP contribution in [0.15, 0.2) is 5.38 Å². The van der Waals surface area contributed by atoms with E-state index in [0.717, 1.165) is 31.7 Å². The minimum Gasteiger partial charge on any atom is -0.391 e. The third kappa shape index (κ3) is 2.69. The highest BCUT2D eigenvalue weighted by atomic mass is 35.5. The Hall–Kier alpha value is -0.160. The molecule has 1 aliphatic rings. The molecule has 2 atom stereocenters. The average Bonchev–Trinajstić information content (AvgIpc) is 2.73. The maximum absolute atomic E-state index is 9.76. The quantitative estimate of drug-likeness (QED) is 0.886. The highest BCUT2D eigenvalue weighted by Gasteiger charge is 2.29. The van der Waals surface area contributed by atoms with Crippen molar-refractivity contribution in [3.8, 4) is 0 Å². The van der Waals surface area contributed by atoms with Gasteiger partial charge in [0.15, 0.2) is 4.47 Å². The van der Waals surface area contributed by atoms with Gasteiger partial charge in [0.25, 0.3) is 0 Å².